The van der Waals surface area contributed by atoms with Gasteiger partial charge in [0.15, 0.2) is 0 Å². The zero-order valence-corrected chi connectivity index (χ0v) is 10.7. The van der Waals surface area contributed by atoms with E-state index in [1.165, 1.54) is 5.39 Å². The molecule has 0 atom stereocenters. The van der Waals surface area contributed by atoms with E-state index < -0.39 is 0 Å². The Labute approximate surface area is 111 Å². The Morgan fingerprint density at radius 1 is 1.05 bits per heavy atom. The summed E-state index contributed by atoms with van der Waals surface area (Å²) in [5, 5.41) is 10.9. The Morgan fingerprint density at radius 2 is 1.89 bits per heavy atom. The smallest absolute Gasteiger partial charge is 0.244 e. The van der Waals surface area contributed by atoms with Crippen LogP contribution < -0.4 is 4.57 Å². The molecule has 4 nitrogen and oxygen atoms in total. The average Bonchev–Trinajstić information content (AvgIpc) is 2.92. The van der Waals surface area contributed by atoms with Crippen LogP contribution in [0.2, 0.25) is 0 Å². The van der Waals surface area contributed by atoms with Crippen LogP contribution in [0, 0.1) is 0 Å². The van der Waals surface area contributed by atoms with Gasteiger partial charge in [-0.25, -0.2) is 9.55 Å². The molecule has 2 aromatic carbocycles. The first-order valence-corrected chi connectivity index (χ1v) is 6.35. The summed E-state index contributed by atoms with van der Waals surface area (Å²) in [6.45, 7) is 2.94. The molecule has 3 aromatic rings. The van der Waals surface area contributed by atoms with Crippen molar-refractivity contribution in [1.82, 2.24) is 4.98 Å². The molecule has 1 heterocycles. The van der Waals surface area contributed by atoms with Crippen LogP contribution in [-0.4, -0.2) is 4.98 Å². The number of azo groups is 1. The van der Waals surface area contributed by atoms with E-state index in [1.807, 2.05) is 41.2 Å². The van der Waals surface area contributed by atoms with E-state index in [0.717, 1.165) is 23.6 Å². The molecule has 0 unspecified atom stereocenters. The molecule has 0 saturated carbocycles. The number of H-pyrrole nitrogens is 1. The van der Waals surface area contributed by atoms with Crippen molar-refractivity contribution in [2.75, 3.05) is 0 Å². The molecular formula is C15H15N4+. The van der Waals surface area contributed by atoms with Crippen molar-refractivity contribution in [2.45, 2.75) is 13.5 Å². The number of hydrogen-bond acceptors (Lipinski definition) is 2. The highest BCUT2D eigenvalue weighted by molar-refractivity contribution is 5.92. The lowest BCUT2D eigenvalue weighted by Crippen LogP contribution is -2.29. The summed E-state index contributed by atoms with van der Waals surface area (Å²) in [4.78, 5) is 3.08. The SMILES string of the molecule is CC[n+]1cc[nH]c1N=Nc1cccc2ccccc12. The molecular weight excluding hydrogens is 236 g/mol. The number of fused-ring (bicyclic) bond motifs is 1. The Morgan fingerprint density at radius 3 is 2.79 bits per heavy atom. The maximum atomic E-state index is 4.36. The third kappa shape index (κ3) is 2.25. The fourth-order valence-corrected chi connectivity index (χ4v) is 2.09. The molecule has 0 amide bonds. The van der Waals surface area contributed by atoms with Crippen molar-refractivity contribution in [1.29, 1.82) is 0 Å². The van der Waals surface area contributed by atoms with Crippen LogP contribution >= 0.6 is 0 Å². The van der Waals surface area contributed by atoms with Gasteiger partial charge in [-0.2, -0.15) is 0 Å². The van der Waals surface area contributed by atoms with Crippen molar-refractivity contribution in [3.63, 3.8) is 0 Å². The number of benzene rings is 2. The minimum absolute atomic E-state index is 0.760. The van der Waals surface area contributed by atoms with E-state index >= 15 is 0 Å². The fraction of sp³-hybridized carbons (Fsp3) is 0.133. The predicted molar refractivity (Wildman–Crippen MR) is 74.8 cm³/mol. The number of hydrogen-bond donors (Lipinski definition) is 1. The Kier molecular flexibility index (Phi) is 3.06. The summed E-state index contributed by atoms with van der Waals surface area (Å²) in [5.74, 6) is 0.760. The highest BCUT2D eigenvalue weighted by Gasteiger charge is 2.08. The van der Waals surface area contributed by atoms with Crippen LogP contribution in [0.3, 0.4) is 0 Å². The van der Waals surface area contributed by atoms with Gasteiger partial charge in [-0.05, 0) is 18.4 Å². The molecule has 0 spiro atoms. The molecule has 0 aliphatic rings. The van der Waals surface area contributed by atoms with Gasteiger partial charge in [0, 0.05) is 10.5 Å². The van der Waals surface area contributed by atoms with E-state index in [1.54, 1.807) is 0 Å². The zero-order valence-electron chi connectivity index (χ0n) is 10.7. The first kappa shape index (κ1) is 11.6. The minimum Gasteiger partial charge on any atom is -0.244 e. The molecule has 0 radical (unpaired) electrons. The standard InChI is InChI=1S/C15H14N4/c1-2-19-11-10-16-15(19)18-17-14-9-5-7-12-6-3-4-8-13(12)14/h3-11H,2H2,1H3/p+1. The highest BCUT2D eigenvalue weighted by atomic mass is 15.3. The second kappa shape index (κ2) is 5.02. The minimum atomic E-state index is 0.760. The molecule has 4 heteroatoms. The summed E-state index contributed by atoms with van der Waals surface area (Å²) in [5.41, 5.74) is 0.885. The van der Waals surface area contributed by atoms with Gasteiger partial charge >= 0.3 is 5.95 Å². The van der Waals surface area contributed by atoms with Crippen LogP contribution in [0.25, 0.3) is 10.8 Å². The van der Waals surface area contributed by atoms with Gasteiger partial charge in [0.1, 0.15) is 5.69 Å². The molecule has 0 aliphatic heterocycles. The van der Waals surface area contributed by atoms with Gasteiger partial charge in [0.25, 0.3) is 0 Å². The topological polar surface area (TPSA) is 44.4 Å². The van der Waals surface area contributed by atoms with Crippen molar-refractivity contribution in [2.24, 2.45) is 10.2 Å². The van der Waals surface area contributed by atoms with Crippen molar-refractivity contribution in [3.05, 3.63) is 54.9 Å². The maximum absolute atomic E-state index is 4.36. The van der Waals surface area contributed by atoms with Gasteiger partial charge in [0.05, 0.1) is 18.9 Å². The largest absolute Gasteiger partial charge is 0.419 e. The maximum Gasteiger partial charge on any atom is 0.419 e. The van der Waals surface area contributed by atoms with E-state index in [9.17, 15) is 0 Å². The summed E-state index contributed by atoms with van der Waals surface area (Å²) < 4.78 is 2.01. The number of rotatable bonds is 3. The lowest BCUT2D eigenvalue weighted by Gasteiger charge is -1.98. The van der Waals surface area contributed by atoms with E-state index in [0.29, 0.717) is 0 Å². The van der Waals surface area contributed by atoms with Gasteiger partial charge in [0.2, 0.25) is 0 Å². The van der Waals surface area contributed by atoms with Crippen LogP contribution in [0.1, 0.15) is 6.92 Å². The number of nitrogens with zero attached hydrogens (tertiary/aromatic N) is 3. The van der Waals surface area contributed by atoms with Gasteiger partial charge < -0.3 is 0 Å². The molecule has 0 aliphatic carbocycles. The number of aromatic nitrogens is 2. The fourth-order valence-electron chi connectivity index (χ4n) is 2.09. The molecule has 0 bridgehead atoms. The highest BCUT2D eigenvalue weighted by Crippen LogP contribution is 2.26. The van der Waals surface area contributed by atoms with Crippen LogP contribution in [-0.2, 0) is 6.54 Å². The van der Waals surface area contributed by atoms with Crippen molar-refractivity contribution in [3.8, 4) is 0 Å². The number of nitrogens with one attached hydrogen (secondary N) is 1. The summed E-state index contributed by atoms with van der Waals surface area (Å²) in [7, 11) is 0. The average molecular weight is 251 g/mol. The molecule has 0 saturated heterocycles. The number of aryl methyl sites for hydroxylation is 1. The Balaban J connectivity index is 2.02. The van der Waals surface area contributed by atoms with Gasteiger partial charge in [-0.3, -0.25) is 0 Å². The summed E-state index contributed by atoms with van der Waals surface area (Å²) in [6, 6.07) is 14.2. The Bertz CT molecular complexity index is 722. The monoisotopic (exact) mass is 251 g/mol. The van der Waals surface area contributed by atoms with Crippen molar-refractivity contribution >= 4 is 22.4 Å². The third-order valence-corrected chi connectivity index (χ3v) is 3.10. The van der Waals surface area contributed by atoms with Crippen molar-refractivity contribution < 1.29 is 4.57 Å². The second-order valence-corrected chi connectivity index (χ2v) is 4.27. The predicted octanol–water partition coefficient (Wildman–Crippen LogP) is 3.89. The zero-order chi connectivity index (χ0) is 13.1. The van der Waals surface area contributed by atoms with E-state index in [2.05, 4.69) is 40.3 Å². The van der Waals surface area contributed by atoms with E-state index in [-0.39, 0.29) is 0 Å². The summed E-state index contributed by atoms with van der Waals surface area (Å²) in [6.07, 6.45) is 3.82. The second-order valence-electron chi connectivity index (χ2n) is 4.27. The molecule has 3 rings (SSSR count). The first-order chi connectivity index (χ1) is 9.38. The number of imidazole rings is 1. The van der Waals surface area contributed by atoms with E-state index in [4.69, 9.17) is 0 Å². The molecule has 94 valence electrons. The lowest BCUT2D eigenvalue weighted by molar-refractivity contribution is -0.679. The molecule has 1 N–H and O–H groups in total. The summed E-state index contributed by atoms with van der Waals surface area (Å²) >= 11 is 0. The first-order valence-electron chi connectivity index (χ1n) is 6.35. The quantitative estimate of drug-likeness (QED) is 0.542. The lowest BCUT2D eigenvalue weighted by atomic mass is 10.1. The molecule has 19 heavy (non-hydrogen) atoms. The normalized spacial score (nSPS) is 11.4. The molecule has 0 fully saturated rings. The number of aromatic amines is 1. The van der Waals surface area contributed by atoms with Gasteiger partial charge in [-0.15, -0.1) is 0 Å². The third-order valence-electron chi connectivity index (χ3n) is 3.10. The van der Waals surface area contributed by atoms with Crippen LogP contribution in [0.5, 0.6) is 0 Å². The van der Waals surface area contributed by atoms with Crippen LogP contribution in [0.15, 0.2) is 65.1 Å². The molecule has 1 aromatic heterocycles. The Hall–Kier alpha value is -2.49. The van der Waals surface area contributed by atoms with Gasteiger partial charge in [-0.1, -0.05) is 41.5 Å². The van der Waals surface area contributed by atoms with Crippen LogP contribution in [0.4, 0.5) is 11.6 Å².